The second kappa shape index (κ2) is 9.58. The molecule has 0 radical (unpaired) electrons. The number of hydrogen-bond donors (Lipinski definition) is 1. The number of rotatable bonds is 7. The van der Waals surface area contributed by atoms with Crippen LogP contribution in [0.15, 0.2) is 24.3 Å². The number of nitrogens with one attached hydrogen (secondary N) is 1. The van der Waals surface area contributed by atoms with Gasteiger partial charge in [-0.15, -0.1) is 0 Å². The molecule has 2 atom stereocenters. The Kier molecular flexibility index (Phi) is 6.53. The van der Waals surface area contributed by atoms with Crippen LogP contribution in [0.3, 0.4) is 0 Å². The number of carbonyl (C=O) groups excluding carboxylic acids is 2. The molecule has 3 amide bonds. The molecule has 0 aliphatic carbocycles. The summed E-state index contributed by atoms with van der Waals surface area (Å²) in [7, 11) is 0. The molecule has 0 saturated carbocycles. The number of amides is 3. The first kappa shape index (κ1) is 23.2. The number of piperidine rings is 1. The van der Waals surface area contributed by atoms with E-state index in [9.17, 15) is 9.59 Å². The molecule has 4 heterocycles. The lowest BCUT2D eigenvalue weighted by Gasteiger charge is -2.41. The van der Waals surface area contributed by atoms with Crippen molar-refractivity contribution >= 4 is 23.0 Å². The van der Waals surface area contributed by atoms with Crippen LogP contribution in [0.5, 0.6) is 0 Å². The molecule has 3 fully saturated rings. The summed E-state index contributed by atoms with van der Waals surface area (Å²) in [5, 5.41) is 3.15. The standard InChI is InChI=1S/C26H35N5O3/c1-3-12-26(24(32)31(25(33)29-26)16-20-7-6-15-34-20)19-10-13-30(14-11-19)17-23-18(2)27-21-8-4-5-9-22(21)28-23/h4-5,8-9,19-20H,3,6-7,10-17H2,1-2H3,(H,29,33)/t20-,26-/m0/s1. The number of benzene rings is 1. The fourth-order valence-electron chi connectivity index (χ4n) is 5.92. The second-order valence-electron chi connectivity index (χ2n) is 10.00. The molecular weight excluding hydrogens is 430 g/mol. The van der Waals surface area contributed by atoms with Gasteiger partial charge in [0.1, 0.15) is 5.54 Å². The lowest BCUT2D eigenvalue weighted by atomic mass is 9.74. The maximum absolute atomic E-state index is 13.6. The highest BCUT2D eigenvalue weighted by molar-refractivity contribution is 6.07. The van der Waals surface area contributed by atoms with E-state index in [0.717, 1.165) is 74.2 Å². The molecule has 1 aromatic heterocycles. The van der Waals surface area contributed by atoms with E-state index >= 15 is 0 Å². The van der Waals surface area contributed by atoms with E-state index in [1.165, 1.54) is 4.90 Å². The molecule has 1 aromatic carbocycles. The summed E-state index contributed by atoms with van der Waals surface area (Å²) in [5.41, 5.74) is 3.03. The van der Waals surface area contributed by atoms with Crippen LogP contribution in [0.25, 0.3) is 11.0 Å². The Labute approximate surface area is 201 Å². The lowest BCUT2D eigenvalue weighted by Crippen LogP contribution is -2.56. The average molecular weight is 466 g/mol. The van der Waals surface area contributed by atoms with Crippen molar-refractivity contribution in [3.05, 3.63) is 35.7 Å². The first-order valence-corrected chi connectivity index (χ1v) is 12.7. The summed E-state index contributed by atoms with van der Waals surface area (Å²) in [5.74, 6) is 0.0861. The first-order valence-electron chi connectivity index (χ1n) is 12.7. The Morgan fingerprint density at radius 1 is 1.12 bits per heavy atom. The quantitative estimate of drug-likeness (QED) is 0.631. The van der Waals surface area contributed by atoms with Crippen molar-refractivity contribution in [2.75, 3.05) is 26.2 Å². The van der Waals surface area contributed by atoms with Gasteiger partial charge in [0.15, 0.2) is 0 Å². The van der Waals surface area contributed by atoms with Gasteiger partial charge < -0.3 is 10.1 Å². The van der Waals surface area contributed by atoms with Gasteiger partial charge in [0.25, 0.3) is 5.91 Å². The number of likely N-dealkylation sites (tertiary alicyclic amines) is 1. The highest BCUT2D eigenvalue weighted by atomic mass is 16.5. The van der Waals surface area contributed by atoms with Crippen molar-refractivity contribution in [3.63, 3.8) is 0 Å². The minimum atomic E-state index is -0.783. The molecule has 5 rings (SSSR count). The van der Waals surface area contributed by atoms with E-state index in [2.05, 4.69) is 17.1 Å². The number of imide groups is 1. The molecule has 182 valence electrons. The first-order chi connectivity index (χ1) is 16.5. The third kappa shape index (κ3) is 4.29. The predicted octanol–water partition coefficient (Wildman–Crippen LogP) is 3.42. The molecule has 0 bridgehead atoms. The number of ether oxygens (including phenoxy) is 1. The van der Waals surface area contributed by atoms with Crippen molar-refractivity contribution in [1.29, 1.82) is 0 Å². The summed E-state index contributed by atoms with van der Waals surface area (Å²) in [6.07, 6.45) is 5.16. The number of aromatic nitrogens is 2. The van der Waals surface area contributed by atoms with Gasteiger partial charge in [-0.3, -0.25) is 14.6 Å². The summed E-state index contributed by atoms with van der Waals surface area (Å²) in [6.45, 7) is 7.69. The van der Waals surface area contributed by atoms with Crippen LogP contribution >= 0.6 is 0 Å². The van der Waals surface area contributed by atoms with Crippen LogP contribution in [0.2, 0.25) is 0 Å². The second-order valence-corrected chi connectivity index (χ2v) is 10.00. The summed E-state index contributed by atoms with van der Waals surface area (Å²) in [6, 6.07) is 7.72. The Balaban J connectivity index is 1.26. The van der Waals surface area contributed by atoms with Gasteiger partial charge in [0.2, 0.25) is 0 Å². The highest BCUT2D eigenvalue weighted by Crippen LogP contribution is 2.37. The SMILES string of the molecule is CCC[C@@]1(C2CCN(Cc3nc4ccccc4nc3C)CC2)NC(=O)N(C[C@@H]2CCCO2)C1=O. The van der Waals surface area contributed by atoms with E-state index in [1.54, 1.807) is 0 Å². The van der Waals surface area contributed by atoms with Crippen LogP contribution in [-0.4, -0.2) is 69.6 Å². The zero-order chi connectivity index (χ0) is 23.7. The highest BCUT2D eigenvalue weighted by Gasteiger charge is 2.55. The van der Waals surface area contributed by atoms with Gasteiger partial charge in [0.05, 0.1) is 35.1 Å². The molecule has 3 saturated heterocycles. The summed E-state index contributed by atoms with van der Waals surface area (Å²) in [4.78, 5) is 39.9. The average Bonchev–Trinajstić information content (AvgIpc) is 3.43. The van der Waals surface area contributed by atoms with Crippen LogP contribution in [0.4, 0.5) is 4.79 Å². The molecule has 2 aromatic rings. The molecule has 8 nitrogen and oxygen atoms in total. The van der Waals surface area contributed by atoms with Gasteiger partial charge in [-0.1, -0.05) is 25.5 Å². The molecule has 3 aliphatic heterocycles. The summed E-state index contributed by atoms with van der Waals surface area (Å²) < 4.78 is 5.70. The van der Waals surface area contributed by atoms with Crippen LogP contribution in [0.1, 0.15) is 56.8 Å². The van der Waals surface area contributed by atoms with Gasteiger partial charge in [0, 0.05) is 13.2 Å². The molecule has 3 aliphatic rings. The molecule has 0 spiro atoms. The minimum absolute atomic E-state index is 0.0275. The minimum Gasteiger partial charge on any atom is -0.376 e. The van der Waals surface area contributed by atoms with Crippen molar-refractivity contribution in [2.24, 2.45) is 5.92 Å². The van der Waals surface area contributed by atoms with E-state index in [0.29, 0.717) is 19.6 Å². The van der Waals surface area contributed by atoms with Crippen LogP contribution < -0.4 is 5.32 Å². The number of nitrogens with zero attached hydrogens (tertiary/aromatic N) is 4. The number of urea groups is 1. The molecule has 8 heteroatoms. The Bertz CT molecular complexity index is 1060. The number of aryl methyl sites for hydroxylation is 1. The Morgan fingerprint density at radius 3 is 2.53 bits per heavy atom. The normalized spacial score (nSPS) is 26.5. The van der Waals surface area contributed by atoms with E-state index in [1.807, 2.05) is 31.2 Å². The number of para-hydroxylation sites is 2. The van der Waals surface area contributed by atoms with E-state index < -0.39 is 5.54 Å². The van der Waals surface area contributed by atoms with Crippen molar-refractivity contribution in [1.82, 2.24) is 25.1 Å². The molecule has 1 N–H and O–H groups in total. The Morgan fingerprint density at radius 2 is 1.85 bits per heavy atom. The maximum atomic E-state index is 13.6. The third-order valence-corrected chi connectivity index (χ3v) is 7.76. The lowest BCUT2D eigenvalue weighted by molar-refractivity contribution is -0.135. The number of carbonyl (C=O) groups is 2. The predicted molar refractivity (Wildman–Crippen MR) is 129 cm³/mol. The fraction of sp³-hybridized carbons (Fsp3) is 0.615. The van der Waals surface area contributed by atoms with Gasteiger partial charge in [-0.2, -0.15) is 0 Å². The third-order valence-electron chi connectivity index (χ3n) is 7.76. The van der Waals surface area contributed by atoms with Gasteiger partial charge >= 0.3 is 6.03 Å². The maximum Gasteiger partial charge on any atom is 0.325 e. The Hall–Kier alpha value is -2.58. The molecule has 0 unspecified atom stereocenters. The monoisotopic (exact) mass is 465 g/mol. The van der Waals surface area contributed by atoms with E-state index in [-0.39, 0.29) is 24.0 Å². The number of fused-ring (bicyclic) bond motifs is 1. The fourth-order valence-corrected chi connectivity index (χ4v) is 5.92. The van der Waals surface area contributed by atoms with E-state index in [4.69, 9.17) is 14.7 Å². The van der Waals surface area contributed by atoms with Gasteiger partial charge in [-0.25, -0.2) is 14.8 Å². The smallest absolute Gasteiger partial charge is 0.325 e. The zero-order valence-corrected chi connectivity index (χ0v) is 20.3. The zero-order valence-electron chi connectivity index (χ0n) is 20.3. The van der Waals surface area contributed by atoms with Crippen molar-refractivity contribution < 1.29 is 14.3 Å². The number of hydrogen-bond acceptors (Lipinski definition) is 6. The topological polar surface area (TPSA) is 87.7 Å². The molecule has 34 heavy (non-hydrogen) atoms. The van der Waals surface area contributed by atoms with Crippen molar-refractivity contribution in [3.8, 4) is 0 Å². The van der Waals surface area contributed by atoms with Crippen LogP contribution in [0, 0.1) is 12.8 Å². The van der Waals surface area contributed by atoms with Gasteiger partial charge in [-0.05, 0) is 70.2 Å². The van der Waals surface area contributed by atoms with Crippen LogP contribution in [-0.2, 0) is 16.1 Å². The molecular formula is C26H35N5O3. The largest absolute Gasteiger partial charge is 0.376 e. The summed E-state index contributed by atoms with van der Waals surface area (Å²) >= 11 is 0. The van der Waals surface area contributed by atoms with Crippen molar-refractivity contribution in [2.45, 2.75) is 70.6 Å².